The van der Waals surface area contributed by atoms with E-state index in [9.17, 15) is 13.2 Å². The zero-order valence-corrected chi connectivity index (χ0v) is 13.2. The molecular weight excluding hydrogens is 278 g/mol. The fourth-order valence-corrected chi connectivity index (χ4v) is 4.49. The third-order valence-electron chi connectivity index (χ3n) is 4.30. The molecule has 0 aromatic heterocycles. The first kappa shape index (κ1) is 15.7. The Hall–Kier alpha value is -0.660. The van der Waals surface area contributed by atoms with E-state index in [2.05, 4.69) is 6.92 Å². The Morgan fingerprint density at radius 2 is 1.55 bits per heavy atom. The summed E-state index contributed by atoms with van der Waals surface area (Å²) in [7, 11) is -3.35. The van der Waals surface area contributed by atoms with Gasteiger partial charge in [-0.25, -0.2) is 0 Å². The summed E-state index contributed by atoms with van der Waals surface area (Å²) >= 11 is 0. The number of nitrogens with zero attached hydrogens (tertiary/aromatic N) is 3. The third-order valence-corrected chi connectivity index (χ3v) is 6.33. The molecule has 0 saturated carbocycles. The fourth-order valence-electron chi connectivity index (χ4n) is 2.82. The molecule has 0 aromatic rings. The summed E-state index contributed by atoms with van der Waals surface area (Å²) in [6.45, 7) is 7.02. The lowest BCUT2D eigenvalue weighted by Gasteiger charge is -2.33. The molecule has 2 aliphatic heterocycles. The molecule has 0 bridgehead atoms. The van der Waals surface area contributed by atoms with Crippen molar-refractivity contribution >= 4 is 16.1 Å². The minimum absolute atomic E-state index is 0.0241. The van der Waals surface area contributed by atoms with E-state index in [1.54, 1.807) is 13.5 Å². The van der Waals surface area contributed by atoms with Gasteiger partial charge in [-0.2, -0.15) is 17.0 Å². The highest BCUT2D eigenvalue weighted by atomic mass is 32.2. The Morgan fingerprint density at radius 1 is 0.950 bits per heavy atom. The summed E-state index contributed by atoms with van der Waals surface area (Å²) in [5, 5.41) is 0. The summed E-state index contributed by atoms with van der Waals surface area (Å²) in [5.74, 6) is 0.634. The average Bonchev–Trinajstić information content (AvgIpc) is 2.65. The van der Waals surface area contributed by atoms with Gasteiger partial charge in [0.05, 0.1) is 0 Å². The van der Waals surface area contributed by atoms with Crippen molar-refractivity contribution in [3.63, 3.8) is 0 Å². The molecule has 0 radical (unpaired) electrons. The molecule has 7 heteroatoms. The van der Waals surface area contributed by atoms with Crippen LogP contribution in [0.15, 0.2) is 0 Å². The van der Waals surface area contributed by atoms with Crippen LogP contribution in [0.3, 0.4) is 0 Å². The van der Waals surface area contributed by atoms with Crippen molar-refractivity contribution < 1.29 is 13.2 Å². The van der Waals surface area contributed by atoms with E-state index in [4.69, 9.17) is 0 Å². The van der Waals surface area contributed by atoms with Gasteiger partial charge in [0.1, 0.15) is 0 Å². The first-order chi connectivity index (χ1) is 9.41. The second-order valence-electron chi connectivity index (χ2n) is 5.85. The molecule has 1 amide bonds. The molecule has 6 nitrogen and oxygen atoms in total. The van der Waals surface area contributed by atoms with Gasteiger partial charge in [-0.05, 0) is 25.2 Å². The van der Waals surface area contributed by atoms with E-state index in [-0.39, 0.29) is 5.91 Å². The van der Waals surface area contributed by atoms with Crippen molar-refractivity contribution in [3.8, 4) is 0 Å². The van der Waals surface area contributed by atoms with Gasteiger partial charge in [0, 0.05) is 46.2 Å². The Labute approximate surface area is 121 Å². The largest absolute Gasteiger partial charge is 0.342 e. The lowest BCUT2D eigenvalue weighted by atomic mass is 10.0. The number of carbonyl (C=O) groups excluding carboxylic acids is 1. The second-order valence-corrected chi connectivity index (χ2v) is 7.78. The van der Waals surface area contributed by atoms with Crippen LogP contribution >= 0.6 is 0 Å². The van der Waals surface area contributed by atoms with E-state index in [1.807, 2.05) is 0 Å². The molecule has 2 fully saturated rings. The Morgan fingerprint density at radius 3 is 2.15 bits per heavy atom. The van der Waals surface area contributed by atoms with E-state index in [0.717, 1.165) is 12.8 Å². The standard InChI is InChI=1S/C13H25N3O3S/c1-12-4-8-16(9-5-12)20(18,19)15-7-3-6-14(10-11-15)13(2)17/h12H,3-11H2,1-2H3. The molecule has 2 rings (SSSR count). The minimum Gasteiger partial charge on any atom is -0.342 e. The zero-order chi connectivity index (χ0) is 14.8. The molecule has 2 saturated heterocycles. The van der Waals surface area contributed by atoms with Gasteiger partial charge in [0.25, 0.3) is 10.2 Å². The number of amides is 1. The van der Waals surface area contributed by atoms with Crippen LogP contribution in [-0.4, -0.2) is 67.1 Å². The van der Waals surface area contributed by atoms with Crippen molar-refractivity contribution in [1.29, 1.82) is 0 Å². The maximum Gasteiger partial charge on any atom is 0.282 e. The summed E-state index contributed by atoms with van der Waals surface area (Å²) < 4.78 is 28.4. The first-order valence-corrected chi connectivity index (χ1v) is 8.81. The van der Waals surface area contributed by atoms with Crippen LogP contribution < -0.4 is 0 Å². The van der Waals surface area contributed by atoms with Gasteiger partial charge in [-0.1, -0.05) is 6.92 Å². The second kappa shape index (κ2) is 6.41. The molecule has 0 aliphatic carbocycles. The number of rotatable bonds is 2. The predicted octanol–water partition coefficient (Wildman–Crippen LogP) is 0.517. The van der Waals surface area contributed by atoms with Gasteiger partial charge >= 0.3 is 0 Å². The van der Waals surface area contributed by atoms with Gasteiger partial charge in [0.15, 0.2) is 0 Å². The maximum absolute atomic E-state index is 12.6. The first-order valence-electron chi connectivity index (χ1n) is 7.42. The van der Waals surface area contributed by atoms with Gasteiger partial charge < -0.3 is 4.90 Å². The van der Waals surface area contributed by atoms with Crippen molar-refractivity contribution in [3.05, 3.63) is 0 Å². The highest BCUT2D eigenvalue weighted by molar-refractivity contribution is 7.86. The summed E-state index contributed by atoms with van der Waals surface area (Å²) in [4.78, 5) is 13.1. The van der Waals surface area contributed by atoms with E-state index < -0.39 is 10.2 Å². The zero-order valence-electron chi connectivity index (χ0n) is 12.4. The fraction of sp³-hybridized carbons (Fsp3) is 0.923. The van der Waals surface area contributed by atoms with Gasteiger partial charge in [0.2, 0.25) is 5.91 Å². The normalized spacial score (nSPS) is 24.6. The minimum atomic E-state index is -3.35. The molecule has 116 valence electrons. The molecule has 0 spiro atoms. The van der Waals surface area contributed by atoms with Crippen molar-refractivity contribution in [2.45, 2.75) is 33.1 Å². The van der Waals surface area contributed by atoms with Crippen LogP contribution in [0, 0.1) is 5.92 Å². The van der Waals surface area contributed by atoms with Gasteiger partial charge in [-0.15, -0.1) is 0 Å². The van der Waals surface area contributed by atoms with Crippen LogP contribution in [0.2, 0.25) is 0 Å². The Kier molecular flexibility index (Phi) is 5.04. The van der Waals surface area contributed by atoms with E-state index >= 15 is 0 Å². The molecule has 2 aliphatic rings. The molecular formula is C13H25N3O3S. The number of hydrogen-bond donors (Lipinski definition) is 0. The van der Waals surface area contributed by atoms with Crippen molar-refractivity contribution in [2.24, 2.45) is 5.92 Å². The molecule has 0 atom stereocenters. The SMILES string of the molecule is CC(=O)N1CCCN(S(=O)(=O)N2CCC(C)CC2)CC1. The van der Waals surface area contributed by atoms with Crippen molar-refractivity contribution in [2.75, 3.05) is 39.3 Å². The lowest BCUT2D eigenvalue weighted by molar-refractivity contribution is -0.128. The van der Waals surface area contributed by atoms with Crippen molar-refractivity contribution in [1.82, 2.24) is 13.5 Å². The number of hydrogen-bond acceptors (Lipinski definition) is 3. The van der Waals surface area contributed by atoms with Crippen LogP contribution in [0.25, 0.3) is 0 Å². The molecule has 20 heavy (non-hydrogen) atoms. The summed E-state index contributed by atoms with van der Waals surface area (Å²) in [6.07, 6.45) is 2.59. The summed E-state index contributed by atoms with van der Waals surface area (Å²) in [6, 6.07) is 0. The number of carbonyl (C=O) groups is 1. The smallest absolute Gasteiger partial charge is 0.282 e. The van der Waals surface area contributed by atoms with Crippen LogP contribution in [0.4, 0.5) is 0 Å². The highest BCUT2D eigenvalue weighted by Gasteiger charge is 2.33. The van der Waals surface area contributed by atoms with Crippen LogP contribution in [0.5, 0.6) is 0 Å². The lowest BCUT2D eigenvalue weighted by Crippen LogP contribution is -2.48. The quantitative estimate of drug-likeness (QED) is 0.747. The molecule has 0 aromatic carbocycles. The molecule has 2 heterocycles. The average molecular weight is 303 g/mol. The number of piperidine rings is 1. The predicted molar refractivity (Wildman–Crippen MR) is 77.3 cm³/mol. The molecule has 0 unspecified atom stereocenters. The van der Waals surface area contributed by atoms with Crippen LogP contribution in [0.1, 0.15) is 33.1 Å². The monoisotopic (exact) mass is 303 g/mol. The summed E-state index contributed by atoms with van der Waals surface area (Å²) in [5.41, 5.74) is 0. The van der Waals surface area contributed by atoms with Gasteiger partial charge in [-0.3, -0.25) is 4.79 Å². The molecule has 0 N–H and O–H groups in total. The Balaban J connectivity index is 2.00. The topological polar surface area (TPSA) is 60.9 Å². The highest BCUT2D eigenvalue weighted by Crippen LogP contribution is 2.21. The van der Waals surface area contributed by atoms with E-state index in [0.29, 0.717) is 51.6 Å². The Bertz CT molecular complexity index is 444. The maximum atomic E-state index is 12.6. The van der Waals surface area contributed by atoms with E-state index in [1.165, 1.54) is 6.92 Å². The third kappa shape index (κ3) is 3.51. The van der Waals surface area contributed by atoms with Crippen LogP contribution in [-0.2, 0) is 15.0 Å².